The minimum absolute atomic E-state index is 0.0820. The summed E-state index contributed by atoms with van der Waals surface area (Å²) in [5.41, 5.74) is 15.1. The fourth-order valence-corrected chi connectivity index (χ4v) is 4.54. The Morgan fingerprint density at radius 2 is 1.56 bits per heavy atom. The van der Waals surface area contributed by atoms with Crippen molar-refractivity contribution < 1.29 is 26.8 Å². The summed E-state index contributed by atoms with van der Waals surface area (Å²) in [6, 6.07) is 19.4. The zero-order chi connectivity index (χ0) is 27.8. The van der Waals surface area contributed by atoms with Crippen molar-refractivity contribution in [2.24, 2.45) is 0 Å². The summed E-state index contributed by atoms with van der Waals surface area (Å²) in [6.07, 6.45) is 2.13. The standard InChI is InChI=1S/C28H30N4O6S/c1-19-3-10-24(11-4-19)39(33,34)38-14-13-36-23-8-5-20(6-9-23)18-37-25-12-7-21(16-26(25)35-2)15-22-17-31-28(30)32-27(22)29/h3-12,16-17H,13-15,18H2,1-2H3,(H4,29,30,31,32). The van der Waals surface area contributed by atoms with Crippen molar-refractivity contribution in [2.75, 3.05) is 31.8 Å². The summed E-state index contributed by atoms with van der Waals surface area (Å²) < 4.78 is 46.6. The fourth-order valence-electron chi connectivity index (χ4n) is 3.65. The van der Waals surface area contributed by atoms with Crippen molar-refractivity contribution in [1.29, 1.82) is 0 Å². The van der Waals surface area contributed by atoms with Gasteiger partial charge in [-0.1, -0.05) is 35.9 Å². The number of nitrogens with zero attached hydrogens (tertiary/aromatic N) is 2. The molecule has 0 radical (unpaired) electrons. The van der Waals surface area contributed by atoms with Gasteiger partial charge in [-0.3, -0.25) is 4.18 Å². The molecular formula is C28H30N4O6S. The number of nitrogen functional groups attached to an aromatic ring is 2. The van der Waals surface area contributed by atoms with Crippen LogP contribution in [0.1, 0.15) is 22.3 Å². The highest BCUT2D eigenvalue weighted by molar-refractivity contribution is 7.86. The van der Waals surface area contributed by atoms with E-state index in [0.717, 1.165) is 22.3 Å². The van der Waals surface area contributed by atoms with Crippen LogP contribution < -0.4 is 25.7 Å². The van der Waals surface area contributed by atoms with Crippen LogP contribution in [0.15, 0.2) is 77.8 Å². The molecule has 0 spiro atoms. The van der Waals surface area contributed by atoms with Gasteiger partial charge in [0.2, 0.25) is 5.95 Å². The molecule has 11 heteroatoms. The molecule has 0 amide bonds. The number of benzene rings is 3. The summed E-state index contributed by atoms with van der Waals surface area (Å²) >= 11 is 0. The number of nitrogens with two attached hydrogens (primary N) is 2. The van der Waals surface area contributed by atoms with Gasteiger partial charge in [0, 0.05) is 18.2 Å². The van der Waals surface area contributed by atoms with Crippen LogP contribution in [-0.4, -0.2) is 38.7 Å². The second kappa shape index (κ2) is 12.5. The molecule has 0 atom stereocenters. The first kappa shape index (κ1) is 27.7. The molecule has 0 aliphatic rings. The Morgan fingerprint density at radius 3 is 2.26 bits per heavy atom. The van der Waals surface area contributed by atoms with E-state index in [1.807, 2.05) is 37.3 Å². The smallest absolute Gasteiger partial charge is 0.297 e. The fraction of sp³-hybridized carbons (Fsp3) is 0.214. The molecule has 0 saturated carbocycles. The van der Waals surface area contributed by atoms with Gasteiger partial charge in [-0.15, -0.1) is 0 Å². The quantitative estimate of drug-likeness (QED) is 0.196. The van der Waals surface area contributed by atoms with Gasteiger partial charge in [0.25, 0.3) is 10.1 Å². The second-order valence-corrected chi connectivity index (χ2v) is 10.3. The molecule has 0 aliphatic carbocycles. The topological polar surface area (TPSA) is 149 Å². The molecule has 1 aromatic heterocycles. The van der Waals surface area contributed by atoms with E-state index in [-0.39, 0.29) is 24.1 Å². The van der Waals surface area contributed by atoms with Crippen molar-refractivity contribution in [3.63, 3.8) is 0 Å². The first-order chi connectivity index (χ1) is 18.7. The normalized spacial score (nSPS) is 11.2. The van der Waals surface area contributed by atoms with Crippen LogP contribution in [0.5, 0.6) is 17.2 Å². The number of hydrogen-bond acceptors (Lipinski definition) is 10. The van der Waals surface area contributed by atoms with Crippen LogP contribution in [0, 0.1) is 6.92 Å². The average molecular weight is 551 g/mol. The van der Waals surface area contributed by atoms with E-state index in [1.165, 1.54) is 12.1 Å². The Hall–Kier alpha value is -4.35. The molecule has 4 rings (SSSR count). The van der Waals surface area contributed by atoms with Crippen LogP contribution in [0.25, 0.3) is 0 Å². The summed E-state index contributed by atoms with van der Waals surface area (Å²) in [5, 5.41) is 0. The molecule has 204 valence electrons. The summed E-state index contributed by atoms with van der Waals surface area (Å²) in [7, 11) is -2.24. The first-order valence-electron chi connectivity index (χ1n) is 12.1. The molecule has 3 aromatic carbocycles. The molecule has 4 aromatic rings. The first-order valence-corrected chi connectivity index (χ1v) is 13.5. The number of ether oxygens (including phenoxy) is 3. The highest BCUT2D eigenvalue weighted by Gasteiger charge is 2.15. The van der Waals surface area contributed by atoms with Gasteiger partial charge in [-0.25, -0.2) is 4.98 Å². The second-order valence-electron chi connectivity index (χ2n) is 8.67. The summed E-state index contributed by atoms with van der Waals surface area (Å²) in [5.74, 6) is 2.24. The maximum atomic E-state index is 12.2. The minimum atomic E-state index is -3.82. The van der Waals surface area contributed by atoms with E-state index in [1.54, 1.807) is 37.6 Å². The molecule has 0 unspecified atom stereocenters. The van der Waals surface area contributed by atoms with Gasteiger partial charge < -0.3 is 25.7 Å². The predicted molar refractivity (Wildman–Crippen MR) is 147 cm³/mol. The molecule has 4 N–H and O–H groups in total. The highest BCUT2D eigenvalue weighted by atomic mass is 32.2. The number of aryl methyl sites for hydroxylation is 1. The summed E-state index contributed by atoms with van der Waals surface area (Å²) in [4.78, 5) is 8.11. The van der Waals surface area contributed by atoms with Crippen molar-refractivity contribution >= 4 is 21.9 Å². The van der Waals surface area contributed by atoms with Crippen LogP contribution >= 0.6 is 0 Å². The van der Waals surface area contributed by atoms with Crippen LogP contribution in [0.3, 0.4) is 0 Å². The van der Waals surface area contributed by atoms with Gasteiger partial charge in [0.15, 0.2) is 11.5 Å². The number of hydrogen-bond donors (Lipinski definition) is 2. The average Bonchev–Trinajstić information content (AvgIpc) is 2.92. The van der Waals surface area contributed by atoms with Gasteiger partial charge in [0.1, 0.15) is 31.4 Å². The third-order valence-corrected chi connectivity index (χ3v) is 7.08. The number of rotatable bonds is 12. The van der Waals surface area contributed by atoms with Crippen molar-refractivity contribution in [2.45, 2.75) is 24.8 Å². The lowest BCUT2D eigenvalue weighted by atomic mass is 10.1. The molecule has 0 aliphatic heterocycles. The Morgan fingerprint density at radius 1 is 0.846 bits per heavy atom. The van der Waals surface area contributed by atoms with E-state index >= 15 is 0 Å². The zero-order valence-electron chi connectivity index (χ0n) is 21.7. The molecule has 1 heterocycles. The van der Waals surface area contributed by atoms with Crippen LogP contribution in [0.4, 0.5) is 11.8 Å². The minimum Gasteiger partial charge on any atom is -0.493 e. The highest BCUT2D eigenvalue weighted by Crippen LogP contribution is 2.30. The predicted octanol–water partition coefficient (Wildman–Crippen LogP) is 3.91. The molecular weight excluding hydrogens is 520 g/mol. The van der Waals surface area contributed by atoms with Crippen LogP contribution in [-0.2, 0) is 27.3 Å². The van der Waals surface area contributed by atoms with Gasteiger partial charge in [-0.05, 0) is 54.4 Å². The van der Waals surface area contributed by atoms with Crippen LogP contribution in [0.2, 0.25) is 0 Å². The largest absolute Gasteiger partial charge is 0.493 e. The van der Waals surface area contributed by atoms with Gasteiger partial charge >= 0.3 is 0 Å². The van der Waals surface area contributed by atoms with Crippen molar-refractivity contribution in [3.8, 4) is 17.2 Å². The number of anilines is 2. The number of methoxy groups -OCH3 is 1. The van der Waals surface area contributed by atoms with E-state index in [9.17, 15) is 8.42 Å². The molecule has 0 saturated heterocycles. The zero-order valence-corrected chi connectivity index (χ0v) is 22.5. The lowest BCUT2D eigenvalue weighted by molar-refractivity contribution is 0.221. The third kappa shape index (κ3) is 7.59. The SMILES string of the molecule is COc1cc(Cc2cnc(N)nc2N)ccc1OCc1ccc(OCCOS(=O)(=O)c2ccc(C)cc2)cc1. The van der Waals surface area contributed by atoms with E-state index in [2.05, 4.69) is 9.97 Å². The Bertz CT molecular complexity index is 1510. The van der Waals surface area contributed by atoms with Crippen molar-refractivity contribution in [3.05, 3.63) is 95.2 Å². The number of aromatic nitrogens is 2. The lowest BCUT2D eigenvalue weighted by Gasteiger charge is -2.13. The maximum Gasteiger partial charge on any atom is 0.297 e. The Balaban J connectivity index is 1.26. The summed E-state index contributed by atoms with van der Waals surface area (Å²) in [6.45, 7) is 2.18. The van der Waals surface area contributed by atoms with Gasteiger partial charge in [-0.2, -0.15) is 13.4 Å². The Labute approximate surface area is 227 Å². The van der Waals surface area contributed by atoms with Gasteiger partial charge in [0.05, 0.1) is 12.0 Å². The molecule has 10 nitrogen and oxygen atoms in total. The Kier molecular flexibility index (Phi) is 8.84. The lowest BCUT2D eigenvalue weighted by Crippen LogP contribution is -2.13. The molecule has 39 heavy (non-hydrogen) atoms. The third-order valence-electron chi connectivity index (χ3n) is 5.76. The molecule has 0 fully saturated rings. The van der Waals surface area contributed by atoms with E-state index < -0.39 is 10.1 Å². The van der Waals surface area contributed by atoms with Crippen molar-refractivity contribution in [1.82, 2.24) is 9.97 Å². The monoisotopic (exact) mass is 550 g/mol. The molecule has 0 bridgehead atoms. The van der Waals surface area contributed by atoms with E-state index in [4.69, 9.17) is 29.9 Å². The maximum absolute atomic E-state index is 12.2. The van der Waals surface area contributed by atoms with E-state index in [0.29, 0.717) is 36.1 Å².